The van der Waals surface area contributed by atoms with E-state index in [0.717, 1.165) is 11.1 Å². The van der Waals surface area contributed by atoms with Crippen LogP contribution in [0, 0.1) is 0 Å². The molecule has 0 aromatic carbocycles. The molecule has 3 heterocycles. The molecule has 0 saturated heterocycles. The standard InChI is InChI=1S/C14H14N4O3/c19-8-11(20)7-18-13-12(14(21)17-18)5-10(6-16-13)9-1-3-15-4-2-9/h1-6,11,19-20H,7-8H2,(H,17,21). The van der Waals surface area contributed by atoms with Gasteiger partial charge in [0.1, 0.15) is 0 Å². The molecule has 3 N–H and O–H groups in total. The van der Waals surface area contributed by atoms with Gasteiger partial charge in [-0.05, 0) is 23.8 Å². The van der Waals surface area contributed by atoms with Crippen LogP contribution in [0.4, 0.5) is 0 Å². The summed E-state index contributed by atoms with van der Waals surface area (Å²) >= 11 is 0. The lowest BCUT2D eigenvalue weighted by Gasteiger charge is -2.08. The van der Waals surface area contributed by atoms with Crippen LogP contribution >= 0.6 is 0 Å². The van der Waals surface area contributed by atoms with E-state index in [-0.39, 0.29) is 18.7 Å². The summed E-state index contributed by atoms with van der Waals surface area (Å²) in [4.78, 5) is 20.2. The second-order valence-corrected chi connectivity index (χ2v) is 4.72. The maximum Gasteiger partial charge on any atom is 0.273 e. The minimum atomic E-state index is -0.946. The zero-order valence-electron chi connectivity index (χ0n) is 11.1. The van der Waals surface area contributed by atoms with Gasteiger partial charge in [-0.15, -0.1) is 0 Å². The quantitative estimate of drug-likeness (QED) is 0.633. The molecule has 0 amide bonds. The molecule has 108 valence electrons. The second kappa shape index (κ2) is 5.47. The van der Waals surface area contributed by atoms with Gasteiger partial charge in [-0.2, -0.15) is 0 Å². The minimum absolute atomic E-state index is 0.0802. The highest BCUT2D eigenvalue weighted by molar-refractivity contribution is 5.80. The molecule has 0 aliphatic carbocycles. The Balaban J connectivity index is 2.07. The number of aromatic nitrogens is 4. The molecule has 21 heavy (non-hydrogen) atoms. The summed E-state index contributed by atoms with van der Waals surface area (Å²) in [7, 11) is 0. The van der Waals surface area contributed by atoms with Crippen LogP contribution in [0.25, 0.3) is 22.2 Å². The molecule has 0 fully saturated rings. The van der Waals surface area contributed by atoms with Gasteiger partial charge in [0.2, 0.25) is 0 Å². The summed E-state index contributed by atoms with van der Waals surface area (Å²) in [5.41, 5.74) is 1.90. The van der Waals surface area contributed by atoms with Crippen molar-refractivity contribution in [3.63, 3.8) is 0 Å². The number of hydrogen-bond acceptors (Lipinski definition) is 5. The Bertz CT molecular complexity index is 810. The predicted molar refractivity (Wildman–Crippen MR) is 76.7 cm³/mol. The zero-order valence-corrected chi connectivity index (χ0v) is 11.1. The number of rotatable bonds is 4. The second-order valence-electron chi connectivity index (χ2n) is 4.72. The average molecular weight is 286 g/mol. The molecule has 7 heteroatoms. The molecule has 1 atom stereocenters. The molecule has 0 aliphatic rings. The van der Waals surface area contributed by atoms with E-state index in [2.05, 4.69) is 15.1 Å². The number of nitrogens with one attached hydrogen (secondary N) is 1. The van der Waals surface area contributed by atoms with Crippen molar-refractivity contribution in [2.75, 3.05) is 6.61 Å². The first-order valence-corrected chi connectivity index (χ1v) is 6.47. The van der Waals surface area contributed by atoms with Gasteiger partial charge in [0, 0.05) is 24.2 Å². The third-order valence-corrected chi connectivity index (χ3v) is 3.22. The van der Waals surface area contributed by atoms with Crippen LogP contribution in [0.5, 0.6) is 0 Å². The smallest absolute Gasteiger partial charge is 0.273 e. The van der Waals surface area contributed by atoms with Gasteiger partial charge in [-0.1, -0.05) is 0 Å². The molecule has 3 rings (SSSR count). The maximum absolute atomic E-state index is 12.0. The highest BCUT2D eigenvalue weighted by atomic mass is 16.3. The topological polar surface area (TPSA) is 104 Å². The summed E-state index contributed by atoms with van der Waals surface area (Å²) in [5, 5.41) is 21.4. The maximum atomic E-state index is 12.0. The lowest BCUT2D eigenvalue weighted by molar-refractivity contribution is 0.0791. The van der Waals surface area contributed by atoms with E-state index in [4.69, 9.17) is 5.11 Å². The van der Waals surface area contributed by atoms with Crippen LogP contribution in [0.3, 0.4) is 0 Å². The van der Waals surface area contributed by atoms with Gasteiger partial charge in [0.25, 0.3) is 5.56 Å². The Morgan fingerprint density at radius 3 is 2.76 bits per heavy atom. The van der Waals surface area contributed by atoms with Crippen molar-refractivity contribution in [1.82, 2.24) is 19.7 Å². The third-order valence-electron chi connectivity index (χ3n) is 3.22. The van der Waals surface area contributed by atoms with E-state index in [0.29, 0.717) is 11.0 Å². The van der Waals surface area contributed by atoms with E-state index < -0.39 is 6.10 Å². The first kappa shape index (κ1) is 13.5. The highest BCUT2D eigenvalue weighted by Crippen LogP contribution is 2.20. The molecule has 0 spiro atoms. The fourth-order valence-electron chi connectivity index (χ4n) is 2.18. The van der Waals surface area contributed by atoms with E-state index in [1.807, 2.05) is 12.1 Å². The lowest BCUT2D eigenvalue weighted by Crippen LogP contribution is -2.21. The van der Waals surface area contributed by atoms with Gasteiger partial charge >= 0.3 is 0 Å². The van der Waals surface area contributed by atoms with Gasteiger partial charge in [0.15, 0.2) is 5.65 Å². The predicted octanol–water partition coefficient (Wildman–Crippen LogP) is 0.140. The van der Waals surface area contributed by atoms with Crippen LogP contribution in [-0.2, 0) is 6.54 Å². The fourth-order valence-corrected chi connectivity index (χ4v) is 2.18. The Morgan fingerprint density at radius 1 is 1.29 bits per heavy atom. The molecular weight excluding hydrogens is 272 g/mol. The summed E-state index contributed by atoms with van der Waals surface area (Å²) in [5.74, 6) is 0. The average Bonchev–Trinajstić information content (AvgIpc) is 2.84. The van der Waals surface area contributed by atoms with Gasteiger partial charge in [-0.25, -0.2) is 4.98 Å². The largest absolute Gasteiger partial charge is 0.394 e. The molecule has 0 saturated carbocycles. The summed E-state index contributed by atoms with van der Waals surface area (Å²) in [6, 6.07) is 5.42. The van der Waals surface area contributed by atoms with Crippen molar-refractivity contribution < 1.29 is 10.2 Å². The molecule has 7 nitrogen and oxygen atoms in total. The summed E-state index contributed by atoms with van der Waals surface area (Å²) in [6.45, 7) is -0.298. The molecule has 3 aromatic heterocycles. The van der Waals surface area contributed by atoms with Gasteiger partial charge < -0.3 is 10.2 Å². The van der Waals surface area contributed by atoms with E-state index in [1.165, 1.54) is 4.68 Å². The van der Waals surface area contributed by atoms with Crippen molar-refractivity contribution >= 4 is 11.0 Å². The normalized spacial score (nSPS) is 12.7. The molecular formula is C14H14N4O3. The molecule has 0 aliphatic heterocycles. The number of nitrogens with zero attached hydrogens (tertiary/aromatic N) is 3. The van der Waals surface area contributed by atoms with Crippen LogP contribution in [0.1, 0.15) is 0 Å². The van der Waals surface area contributed by atoms with Crippen molar-refractivity contribution in [2.24, 2.45) is 0 Å². The van der Waals surface area contributed by atoms with Gasteiger partial charge in [-0.3, -0.25) is 19.6 Å². The van der Waals surface area contributed by atoms with E-state index >= 15 is 0 Å². The van der Waals surface area contributed by atoms with Crippen LogP contribution < -0.4 is 5.56 Å². The number of fused-ring (bicyclic) bond motifs is 1. The van der Waals surface area contributed by atoms with E-state index in [1.54, 1.807) is 24.7 Å². The van der Waals surface area contributed by atoms with Crippen molar-refractivity contribution in [1.29, 1.82) is 0 Å². The Hall–Kier alpha value is -2.51. The zero-order chi connectivity index (χ0) is 14.8. The fraction of sp³-hybridized carbons (Fsp3) is 0.214. The van der Waals surface area contributed by atoms with Gasteiger partial charge in [0.05, 0.1) is 24.6 Å². The minimum Gasteiger partial charge on any atom is -0.394 e. The molecule has 3 aromatic rings. The Morgan fingerprint density at radius 2 is 2.05 bits per heavy atom. The van der Waals surface area contributed by atoms with Crippen LogP contribution in [-0.4, -0.2) is 42.7 Å². The summed E-state index contributed by atoms with van der Waals surface area (Å²) < 4.78 is 1.44. The van der Waals surface area contributed by atoms with Crippen molar-refractivity contribution in [3.8, 4) is 11.1 Å². The third kappa shape index (κ3) is 2.56. The summed E-state index contributed by atoms with van der Waals surface area (Å²) in [6.07, 6.45) is 4.06. The molecule has 1 unspecified atom stereocenters. The van der Waals surface area contributed by atoms with Crippen LogP contribution in [0.15, 0.2) is 41.6 Å². The molecule has 0 bridgehead atoms. The first-order chi connectivity index (χ1) is 10.2. The number of hydrogen-bond donors (Lipinski definition) is 3. The van der Waals surface area contributed by atoms with Crippen LogP contribution in [0.2, 0.25) is 0 Å². The monoisotopic (exact) mass is 286 g/mol. The molecule has 0 radical (unpaired) electrons. The lowest BCUT2D eigenvalue weighted by atomic mass is 10.1. The number of aliphatic hydroxyl groups excluding tert-OH is 2. The Labute approximate surface area is 119 Å². The number of H-pyrrole nitrogens is 1. The number of aromatic amines is 1. The SMILES string of the molecule is O=c1[nH]n(CC(O)CO)c2ncc(-c3ccncc3)cc12. The van der Waals surface area contributed by atoms with Crippen molar-refractivity contribution in [3.05, 3.63) is 47.1 Å². The highest BCUT2D eigenvalue weighted by Gasteiger charge is 2.12. The first-order valence-electron chi connectivity index (χ1n) is 6.47. The Kier molecular flexibility index (Phi) is 3.51. The number of pyridine rings is 2. The number of aliphatic hydroxyl groups is 2. The van der Waals surface area contributed by atoms with Crippen molar-refractivity contribution in [2.45, 2.75) is 12.6 Å². The van der Waals surface area contributed by atoms with E-state index in [9.17, 15) is 9.90 Å².